The van der Waals surface area contributed by atoms with Gasteiger partial charge in [0.15, 0.2) is 0 Å². The number of alkyl halides is 3. The first kappa shape index (κ1) is 17.9. The highest BCUT2D eigenvalue weighted by atomic mass is 32.2. The molecule has 0 spiro atoms. The van der Waals surface area contributed by atoms with Gasteiger partial charge in [0, 0.05) is 18.2 Å². The van der Waals surface area contributed by atoms with E-state index in [1.165, 1.54) is 12.1 Å². The van der Waals surface area contributed by atoms with Gasteiger partial charge < -0.3 is 10.1 Å². The van der Waals surface area contributed by atoms with Crippen LogP contribution in [0.1, 0.15) is 25.0 Å². The van der Waals surface area contributed by atoms with Gasteiger partial charge >= 0.3 is 6.18 Å². The van der Waals surface area contributed by atoms with Crippen molar-refractivity contribution in [2.45, 2.75) is 38.7 Å². The van der Waals surface area contributed by atoms with Gasteiger partial charge in [-0.2, -0.15) is 13.2 Å². The average molecular weight is 348 g/mol. The third-order valence-corrected chi connectivity index (χ3v) is 4.18. The largest absolute Gasteiger partial charge is 0.491 e. The second-order valence-corrected chi connectivity index (χ2v) is 6.50. The summed E-state index contributed by atoms with van der Waals surface area (Å²) in [5.41, 5.74) is -0.766. The van der Waals surface area contributed by atoms with E-state index in [0.29, 0.717) is 11.6 Å². The highest BCUT2D eigenvalue weighted by molar-refractivity contribution is 7.99. The molecule has 1 saturated heterocycles. The third-order valence-electron chi connectivity index (χ3n) is 3.24. The van der Waals surface area contributed by atoms with Crippen molar-refractivity contribution in [3.8, 4) is 5.75 Å². The van der Waals surface area contributed by atoms with Crippen LogP contribution in [0.25, 0.3) is 0 Å². The van der Waals surface area contributed by atoms with Gasteiger partial charge in [-0.1, -0.05) is 6.07 Å². The first-order chi connectivity index (χ1) is 10.8. The van der Waals surface area contributed by atoms with Gasteiger partial charge in [0.25, 0.3) is 0 Å². The van der Waals surface area contributed by atoms with Crippen LogP contribution in [0.2, 0.25) is 0 Å². The van der Waals surface area contributed by atoms with Crippen molar-refractivity contribution in [2.75, 3.05) is 11.6 Å². The fraction of sp³-hybridized carbons (Fsp3) is 0.533. The minimum absolute atomic E-state index is 0.0209. The molecule has 1 aromatic carbocycles. The van der Waals surface area contributed by atoms with Crippen LogP contribution < -0.4 is 15.4 Å². The maximum absolute atomic E-state index is 13.2. The maximum Gasteiger partial charge on any atom is 0.416 e. The zero-order valence-corrected chi connectivity index (χ0v) is 13.7. The number of hydrogen-bond donors (Lipinski definition) is 2. The highest BCUT2D eigenvalue weighted by Gasteiger charge is 2.34. The topological polar surface area (TPSA) is 50.4 Å². The summed E-state index contributed by atoms with van der Waals surface area (Å²) in [6.45, 7) is 3.32. The third kappa shape index (κ3) is 5.04. The standard InChI is InChI=1S/C15H19F3N2O2S/c1-9(2)22-11-4-3-10(12(5-11)15(16,17)18)6-19-14(21)13-7-23-8-20-13/h3-5,9,13,20H,6-8H2,1-2H3,(H,19,21). The number of rotatable bonds is 5. The fourth-order valence-corrected chi connectivity index (χ4v) is 3.13. The average Bonchev–Trinajstić information content (AvgIpc) is 2.98. The van der Waals surface area contributed by atoms with Crippen molar-refractivity contribution < 1.29 is 22.7 Å². The summed E-state index contributed by atoms with van der Waals surface area (Å²) < 4.78 is 44.9. The number of carbonyl (C=O) groups is 1. The first-order valence-electron chi connectivity index (χ1n) is 7.23. The molecule has 1 aliphatic heterocycles. The van der Waals surface area contributed by atoms with Crippen LogP contribution in [-0.2, 0) is 17.5 Å². The van der Waals surface area contributed by atoms with Crippen molar-refractivity contribution >= 4 is 17.7 Å². The van der Waals surface area contributed by atoms with Crippen LogP contribution >= 0.6 is 11.8 Å². The lowest BCUT2D eigenvalue weighted by atomic mass is 10.1. The summed E-state index contributed by atoms with van der Waals surface area (Å²) in [6, 6.07) is 3.46. The second kappa shape index (κ2) is 7.44. The van der Waals surface area contributed by atoms with Crippen LogP contribution in [0, 0.1) is 0 Å². The molecule has 1 unspecified atom stereocenters. The molecule has 2 rings (SSSR count). The van der Waals surface area contributed by atoms with Crippen molar-refractivity contribution in [1.82, 2.24) is 10.6 Å². The molecule has 8 heteroatoms. The molecular weight excluding hydrogens is 329 g/mol. The Kier molecular flexibility index (Phi) is 5.80. The molecule has 1 atom stereocenters. The van der Waals surface area contributed by atoms with Gasteiger partial charge in [-0.3, -0.25) is 10.1 Å². The minimum Gasteiger partial charge on any atom is -0.491 e. The Morgan fingerprint density at radius 2 is 2.22 bits per heavy atom. The van der Waals surface area contributed by atoms with E-state index in [2.05, 4.69) is 10.6 Å². The van der Waals surface area contributed by atoms with Gasteiger partial charge in [0.05, 0.1) is 17.7 Å². The fourth-order valence-electron chi connectivity index (χ4n) is 2.19. The summed E-state index contributed by atoms with van der Waals surface area (Å²) in [5.74, 6) is 1.17. The predicted octanol–water partition coefficient (Wildman–Crippen LogP) is 2.77. The lowest BCUT2D eigenvalue weighted by molar-refractivity contribution is -0.138. The Morgan fingerprint density at radius 1 is 1.48 bits per heavy atom. The number of carbonyl (C=O) groups excluding carboxylic acids is 1. The monoisotopic (exact) mass is 348 g/mol. The summed E-state index contributed by atoms with van der Waals surface area (Å²) in [6.07, 6.45) is -4.72. The van der Waals surface area contributed by atoms with Gasteiger partial charge in [0.1, 0.15) is 5.75 Å². The van der Waals surface area contributed by atoms with Crippen LogP contribution in [0.4, 0.5) is 13.2 Å². The van der Waals surface area contributed by atoms with Gasteiger partial charge in [0.2, 0.25) is 5.91 Å². The van der Waals surface area contributed by atoms with Gasteiger partial charge in [-0.05, 0) is 31.5 Å². The highest BCUT2D eigenvalue weighted by Crippen LogP contribution is 2.34. The lowest BCUT2D eigenvalue weighted by Gasteiger charge is -2.17. The zero-order valence-electron chi connectivity index (χ0n) is 12.9. The molecule has 2 N–H and O–H groups in total. The van der Waals surface area contributed by atoms with E-state index in [4.69, 9.17) is 4.74 Å². The van der Waals surface area contributed by atoms with E-state index in [1.807, 2.05) is 0 Å². The molecule has 0 saturated carbocycles. The van der Waals surface area contributed by atoms with Crippen LogP contribution in [0.5, 0.6) is 5.75 Å². The number of nitrogens with one attached hydrogen (secondary N) is 2. The second-order valence-electron chi connectivity index (χ2n) is 5.47. The number of thioether (sulfide) groups is 1. The molecule has 1 aliphatic rings. The molecule has 1 aromatic rings. The van der Waals surface area contributed by atoms with E-state index >= 15 is 0 Å². The van der Waals surface area contributed by atoms with E-state index in [9.17, 15) is 18.0 Å². The van der Waals surface area contributed by atoms with E-state index in [-0.39, 0.29) is 35.9 Å². The van der Waals surface area contributed by atoms with Crippen molar-refractivity contribution in [3.05, 3.63) is 29.3 Å². The lowest BCUT2D eigenvalue weighted by Crippen LogP contribution is -2.41. The molecule has 128 valence electrons. The molecule has 23 heavy (non-hydrogen) atoms. The quantitative estimate of drug-likeness (QED) is 0.859. The molecular formula is C15H19F3N2O2S. The van der Waals surface area contributed by atoms with Gasteiger partial charge in [-0.25, -0.2) is 0 Å². The molecule has 0 aromatic heterocycles. The smallest absolute Gasteiger partial charge is 0.416 e. The summed E-state index contributed by atoms with van der Waals surface area (Å²) in [5, 5.41) is 5.53. The Bertz CT molecular complexity index is 558. The molecule has 0 aliphatic carbocycles. The van der Waals surface area contributed by atoms with E-state index < -0.39 is 11.7 Å². The van der Waals surface area contributed by atoms with Crippen molar-refractivity contribution in [3.63, 3.8) is 0 Å². The first-order valence-corrected chi connectivity index (χ1v) is 8.38. The Hall–Kier alpha value is -1.41. The van der Waals surface area contributed by atoms with Crippen LogP contribution in [0.15, 0.2) is 18.2 Å². The predicted molar refractivity (Wildman–Crippen MR) is 83.3 cm³/mol. The summed E-state index contributed by atoms with van der Waals surface area (Å²) in [4.78, 5) is 11.9. The molecule has 1 amide bonds. The molecule has 4 nitrogen and oxygen atoms in total. The van der Waals surface area contributed by atoms with Crippen LogP contribution in [0.3, 0.4) is 0 Å². The molecule has 0 bridgehead atoms. The number of halogens is 3. The number of ether oxygens (including phenoxy) is 1. The molecule has 1 heterocycles. The minimum atomic E-state index is -4.50. The van der Waals surface area contributed by atoms with Crippen LogP contribution in [-0.4, -0.2) is 29.7 Å². The Morgan fingerprint density at radius 3 is 2.78 bits per heavy atom. The number of amides is 1. The van der Waals surface area contributed by atoms with E-state index in [1.54, 1.807) is 25.6 Å². The number of benzene rings is 1. The Balaban J connectivity index is 2.11. The molecule has 0 radical (unpaired) electrons. The molecule has 1 fully saturated rings. The summed E-state index contributed by atoms with van der Waals surface area (Å²) in [7, 11) is 0. The summed E-state index contributed by atoms with van der Waals surface area (Å²) >= 11 is 1.58. The Labute approximate surface area is 137 Å². The van der Waals surface area contributed by atoms with Gasteiger partial charge in [-0.15, -0.1) is 11.8 Å². The number of hydrogen-bond acceptors (Lipinski definition) is 4. The SMILES string of the molecule is CC(C)Oc1ccc(CNC(=O)C2CSCN2)c(C(F)(F)F)c1. The van der Waals surface area contributed by atoms with Crippen molar-refractivity contribution in [2.24, 2.45) is 0 Å². The normalized spacial score (nSPS) is 18.3. The van der Waals surface area contributed by atoms with E-state index in [0.717, 1.165) is 6.07 Å². The maximum atomic E-state index is 13.2. The zero-order chi connectivity index (χ0) is 17.0. The van der Waals surface area contributed by atoms with Crippen molar-refractivity contribution in [1.29, 1.82) is 0 Å².